The van der Waals surface area contributed by atoms with Crippen molar-refractivity contribution in [1.82, 2.24) is 19.9 Å². The first-order chi connectivity index (χ1) is 14.3. The van der Waals surface area contributed by atoms with Gasteiger partial charge in [0, 0.05) is 25.3 Å². The van der Waals surface area contributed by atoms with Crippen molar-refractivity contribution in [2.24, 2.45) is 5.73 Å². The van der Waals surface area contributed by atoms with Crippen LogP contribution in [0.25, 0.3) is 5.65 Å². The zero-order valence-corrected chi connectivity index (χ0v) is 16.1. The average Bonchev–Trinajstić information content (AvgIpc) is 3.09. The molecule has 1 aliphatic rings. The fourth-order valence-electron chi connectivity index (χ4n) is 3.78. The van der Waals surface area contributed by atoms with Gasteiger partial charge >= 0.3 is 0 Å². The van der Waals surface area contributed by atoms with E-state index >= 15 is 0 Å². The van der Waals surface area contributed by atoms with E-state index < -0.39 is 23.8 Å². The Kier molecular flexibility index (Phi) is 4.94. The number of halogens is 2. The number of ether oxygens (including phenoxy) is 1. The SMILES string of the molecule is COCc1nn2c(C(=O)NC3CCC(F)(F)c4ccccc43)ccnc2c1C(N)=O. The van der Waals surface area contributed by atoms with Gasteiger partial charge in [0.05, 0.1) is 12.6 Å². The molecule has 10 heteroatoms. The van der Waals surface area contributed by atoms with E-state index in [1.54, 1.807) is 18.2 Å². The maximum atomic E-state index is 14.2. The van der Waals surface area contributed by atoms with Gasteiger partial charge < -0.3 is 15.8 Å². The summed E-state index contributed by atoms with van der Waals surface area (Å²) in [7, 11) is 1.44. The summed E-state index contributed by atoms with van der Waals surface area (Å²) < 4.78 is 34.7. The van der Waals surface area contributed by atoms with E-state index in [1.807, 2.05) is 0 Å². The molecular weight excluding hydrogens is 396 g/mol. The maximum absolute atomic E-state index is 14.2. The summed E-state index contributed by atoms with van der Waals surface area (Å²) in [5.74, 6) is -4.21. The first-order valence-corrected chi connectivity index (χ1v) is 9.27. The second-order valence-electron chi connectivity index (χ2n) is 7.04. The molecular formula is C20H19F2N5O3. The lowest BCUT2D eigenvalue weighted by Gasteiger charge is -2.31. The van der Waals surface area contributed by atoms with Crippen LogP contribution in [0.3, 0.4) is 0 Å². The molecule has 0 saturated carbocycles. The van der Waals surface area contributed by atoms with Gasteiger partial charge in [-0.1, -0.05) is 24.3 Å². The third-order valence-electron chi connectivity index (χ3n) is 5.13. The number of hydrogen-bond donors (Lipinski definition) is 2. The topological polar surface area (TPSA) is 112 Å². The smallest absolute Gasteiger partial charge is 0.273 e. The van der Waals surface area contributed by atoms with Crippen molar-refractivity contribution in [2.75, 3.05) is 7.11 Å². The van der Waals surface area contributed by atoms with Gasteiger partial charge in [0.25, 0.3) is 17.7 Å². The second-order valence-corrected chi connectivity index (χ2v) is 7.04. The van der Waals surface area contributed by atoms with Gasteiger partial charge in [0.15, 0.2) is 5.65 Å². The van der Waals surface area contributed by atoms with Crippen LogP contribution in [0.4, 0.5) is 8.78 Å². The monoisotopic (exact) mass is 415 g/mol. The highest BCUT2D eigenvalue weighted by Gasteiger charge is 2.40. The highest BCUT2D eigenvalue weighted by molar-refractivity contribution is 6.01. The summed E-state index contributed by atoms with van der Waals surface area (Å²) >= 11 is 0. The molecule has 4 rings (SSSR count). The van der Waals surface area contributed by atoms with E-state index in [2.05, 4.69) is 15.4 Å². The van der Waals surface area contributed by atoms with E-state index in [9.17, 15) is 18.4 Å². The Hall–Kier alpha value is -3.40. The lowest BCUT2D eigenvalue weighted by Crippen LogP contribution is -2.35. The third-order valence-corrected chi connectivity index (χ3v) is 5.13. The first-order valence-electron chi connectivity index (χ1n) is 9.27. The molecule has 0 fully saturated rings. The number of nitrogens with zero attached hydrogens (tertiary/aromatic N) is 3. The molecule has 1 atom stereocenters. The fraction of sp³-hybridized carbons (Fsp3) is 0.300. The van der Waals surface area contributed by atoms with Crippen LogP contribution in [-0.4, -0.2) is 33.5 Å². The predicted octanol–water partition coefficient (Wildman–Crippen LogP) is 2.33. The first kappa shape index (κ1) is 19.9. The number of nitrogens with one attached hydrogen (secondary N) is 1. The number of methoxy groups -OCH3 is 1. The molecule has 2 amide bonds. The zero-order valence-electron chi connectivity index (χ0n) is 16.1. The van der Waals surface area contributed by atoms with Crippen molar-refractivity contribution in [3.63, 3.8) is 0 Å². The largest absolute Gasteiger partial charge is 0.378 e. The molecule has 1 unspecified atom stereocenters. The van der Waals surface area contributed by atoms with Crippen molar-refractivity contribution in [2.45, 2.75) is 31.4 Å². The van der Waals surface area contributed by atoms with Crippen LogP contribution in [0.1, 0.15) is 56.6 Å². The summed E-state index contributed by atoms with van der Waals surface area (Å²) in [6.07, 6.45) is 1.08. The number of primary amides is 1. The number of nitrogens with two attached hydrogens (primary N) is 1. The Morgan fingerprint density at radius 1 is 1.33 bits per heavy atom. The predicted molar refractivity (Wildman–Crippen MR) is 102 cm³/mol. The van der Waals surface area contributed by atoms with Gasteiger partial charge in [-0.15, -0.1) is 0 Å². The van der Waals surface area contributed by atoms with Crippen LogP contribution in [0.15, 0.2) is 36.5 Å². The van der Waals surface area contributed by atoms with Crippen LogP contribution in [0.2, 0.25) is 0 Å². The van der Waals surface area contributed by atoms with Crippen molar-refractivity contribution < 1.29 is 23.1 Å². The van der Waals surface area contributed by atoms with Crippen molar-refractivity contribution >= 4 is 17.5 Å². The van der Waals surface area contributed by atoms with Crippen LogP contribution in [0, 0.1) is 0 Å². The van der Waals surface area contributed by atoms with E-state index in [1.165, 1.54) is 30.0 Å². The zero-order chi connectivity index (χ0) is 21.5. The summed E-state index contributed by atoms with van der Waals surface area (Å²) in [4.78, 5) is 29.0. The number of rotatable bonds is 5. The number of carbonyl (C=O) groups is 2. The number of aromatic nitrogens is 3. The Bertz CT molecular complexity index is 1140. The van der Waals surface area contributed by atoms with Crippen LogP contribution in [0.5, 0.6) is 0 Å². The number of amides is 2. The quantitative estimate of drug-likeness (QED) is 0.664. The molecule has 2 heterocycles. The minimum Gasteiger partial charge on any atom is -0.378 e. The van der Waals surface area contributed by atoms with Crippen molar-refractivity contribution in [1.29, 1.82) is 0 Å². The molecule has 3 aromatic rings. The lowest BCUT2D eigenvalue weighted by atomic mass is 9.85. The van der Waals surface area contributed by atoms with Crippen LogP contribution >= 0.6 is 0 Å². The number of carbonyl (C=O) groups excluding carboxylic acids is 2. The normalized spacial score (nSPS) is 17.5. The van der Waals surface area contributed by atoms with Gasteiger partial charge in [0.2, 0.25) is 0 Å². The Morgan fingerprint density at radius 2 is 2.10 bits per heavy atom. The fourth-order valence-corrected chi connectivity index (χ4v) is 3.78. The lowest BCUT2D eigenvalue weighted by molar-refractivity contribution is -0.0265. The average molecular weight is 415 g/mol. The second kappa shape index (κ2) is 7.45. The Labute approximate surface area is 170 Å². The molecule has 0 aliphatic heterocycles. The number of fused-ring (bicyclic) bond motifs is 2. The third kappa shape index (κ3) is 3.28. The summed E-state index contributed by atoms with van der Waals surface area (Å²) in [6, 6.07) is 7.03. The van der Waals surface area contributed by atoms with E-state index in [0.717, 1.165) is 0 Å². The highest BCUT2D eigenvalue weighted by Crippen LogP contribution is 2.43. The summed E-state index contributed by atoms with van der Waals surface area (Å²) in [5.41, 5.74) is 6.28. The van der Waals surface area contributed by atoms with Gasteiger partial charge in [0.1, 0.15) is 17.0 Å². The highest BCUT2D eigenvalue weighted by atomic mass is 19.3. The molecule has 0 radical (unpaired) electrons. The number of hydrogen-bond acceptors (Lipinski definition) is 5. The van der Waals surface area contributed by atoms with Crippen LogP contribution < -0.4 is 11.1 Å². The minimum atomic E-state index is -2.94. The number of alkyl halides is 2. The standard InChI is InChI=1S/C20H19F2N5O3/c1-30-10-14-16(17(23)28)18-24-9-7-15(27(18)26-14)19(29)25-13-6-8-20(21,22)12-5-3-2-4-11(12)13/h2-5,7,9,13H,6,8,10H2,1H3,(H2,23,28)(H,25,29). The molecule has 156 valence electrons. The van der Waals surface area contributed by atoms with Gasteiger partial charge in [-0.25, -0.2) is 18.3 Å². The van der Waals surface area contributed by atoms with Gasteiger partial charge in [-0.2, -0.15) is 5.10 Å². The molecule has 2 aromatic heterocycles. The minimum absolute atomic E-state index is 0.00771. The Morgan fingerprint density at radius 3 is 2.83 bits per heavy atom. The maximum Gasteiger partial charge on any atom is 0.273 e. The Balaban J connectivity index is 1.71. The van der Waals surface area contributed by atoms with Gasteiger partial charge in [-0.05, 0) is 18.1 Å². The molecule has 1 aromatic carbocycles. The molecule has 0 saturated heterocycles. The molecule has 8 nitrogen and oxygen atoms in total. The molecule has 0 spiro atoms. The molecule has 1 aliphatic carbocycles. The number of benzene rings is 1. The molecule has 30 heavy (non-hydrogen) atoms. The van der Waals surface area contributed by atoms with Crippen LogP contribution in [-0.2, 0) is 17.3 Å². The summed E-state index contributed by atoms with van der Waals surface area (Å²) in [5, 5.41) is 7.06. The van der Waals surface area contributed by atoms with Crippen molar-refractivity contribution in [3.8, 4) is 0 Å². The van der Waals surface area contributed by atoms with Crippen molar-refractivity contribution in [3.05, 3.63) is 64.6 Å². The van der Waals surface area contributed by atoms with E-state index in [-0.39, 0.29) is 47.6 Å². The molecule has 3 N–H and O–H groups in total. The molecule has 0 bridgehead atoms. The van der Waals surface area contributed by atoms with E-state index in [0.29, 0.717) is 5.56 Å². The summed E-state index contributed by atoms with van der Waals surface area (Å²) in [6.45, 7) is 0.00771. The van der Waals surface area contributed by atoms with E-state index in [4.69, 9.17) is 10.5 Å². The van der Waals surface area contributed by atoms with Gasteiger partial charge in [-0.3, -0.25) is 9.59 Å².